The van der Waals surface area contributed by atoms with E-state index in [4.69, 9.17) is 0 Å². The highest BCUT2D eigenvalue weighted by Gasteiger charge is 2.02. The smallest absolute Gasteiger partial charge is 0.245 e. The second kappa shape index (κ2) is 6.63. The van der Waals surface area contributed by atoms with Crippen LogP contribution >= 0.6 is 11.3 Å². The first-order chi connectivity index (χ1) is 9.65. The summed E-state index contributed by atoms with van der Waals surface area (Å²) in [6, 6.07) is 9.77. The topological polar surface area (TPSA) is 81.6 Å². The summed E-state index contributed by atoms with van der Waals surface area (Å²) in [6.07, 6.45) is 1.74. The molecule has 1 heterocycles. The highest BCUT2D eigenvalue weighted by Crippen LogP contribution is 2.08. The minimum Gasteiger partial charge on any atom is -0.545 e. The van der Waals surface area contributed by atoms with Gasteiger partial charge in [0.2, 0.25) is 5.91 Å². The lowest BCUT2D eigenvalue weighted by Crippen LogP contribution is -2.22. The van der Waals surface area contributed by atoms with Gasteiger partial charge in [0.15, 0.2) is 0 Å². The molecule has 0 bridgehead atoms. The number of carbonyl (C=O) groups is 2. The summed E-state index contributed by atoms with van der Waals surface area (Å²) in [5.74, 6) is -1.42. The van der Waals surface area contributed by atoms with Crippen molar-refractivity contribution in [2.75, 3.05) is 0 Å². The molecule has 1 amide bonds. The van der Waals surface area contributed by atoms with Crippen LogP contribution in [0.1, 0.15) is 20.8 Å². The summed E-state index contributed by atoms with van der Waals surface area (Å²) in [7, 11) is 0. The number of rotatable bonds is 5. The van der Waals surface area contributed by atoms with Crippen molar-refractivity contribution in [3.8, 4) is 0 Å². The van der Waals surface area contributed by atoms with E-state index in [1.165, 1.54) is 29.7 Å². The molecule has 0 aliphatic rings. The molecule has 6 heteroatoms. The third kappa shape index (κ3) is 4.03. The molecular formula is C14H11N2O3S-. The van der Waals surface area contributed by atoms with Gasteiger partial charge in [0.1, 0.15) is 0 Å². The van der Waals surface area contributed by atoms with E-state index in [0.717, 1.165) is 4.88 Å². The number of hydrogen-bond donors (Lipinski definition) is 1. The van der Waals surface area contributed by atoms with Gasteiger partial charge in [0, 0.05) is 4.88 Å². The van der Waals surface area contributed by atoms with Crippen molar-refractivity contribution >= 4 is 29.4 Å². The number of hydrogen-bond acceptors (Lipinski definition) is 5. The van der Waals surface area contributed by atoms with Crippen molar-refractivity contribution in [2.24, 2.45) is 5.10 Å². The lowest BCUT2D eigenvalue weighted by molar-refractivity contribution is -0.255. The predicted molar refractivity (Wildman–Crippen MR) is 74.5 cm³/mol. The first-order valence-electron chi connectivity index (χ1n) is 5.81. The number of nitrogens with zero attached hydrogens (tertiary/aromatic N) is 1. The van der Waals surface area contributed by atoms with Crippen LogP contribution < -0.4 is 10.5 Å². The Bertz CT molecular complexity index is 618. The number of carbonyl (C=O) groups excluding carboxylic acids is 2. The number of benzene rings is 1. The normalized spacial score (nSPS) is 10.6. The first kappa shape index (κ1) is 14.0. The molecule has 20 heavy (non-hydrogen) atoms. The van der Waals surface area contributed by atoms with Gasteiger partial charge in [-0.25, -0.2) is 5.43 Å². The molecule has 0 aliphatic heterocycles. The lowest BCUT2D eigenvalue weighted by atomic mass is 10.1. The Labute approximate surface area is 119 Å². The van der Waals surface area contributed by atoms with Gasteiger partial charge in [-0.05, 0) is 22.6 Å². The highest BCUT2D eigenvalue weighted by atomic mass is 32.1. The number of aromatic carboxylic acids is 1. The zero-order valence-corrected chi connectivity index (χ0v) is 11.2. The Kier molecular flexibility index (Phi) is 4.62. The molecule has 1 aromatic heterocycles. The molecule has 0 radical (unpaired) electrons. The van der Waals surface area contributed by atoms with Gasteiger partial charge in [-0.1, -0.05) is 30.3 Å². The molecule has 0 atom stereocenters. The van der Waals surface area contributed by atoms with Crippen molar-refractivity contribution in [1.82, 2.24) is 5.43 Å². The molecule has 0 aliphatic carbocycles. The summed E-state index contributed by atoms with van der Waals surface area (Å²) in [5, 5.41) is 16.3. The average Bonchev–Trinajstić information content (AvgIpc) is 2.92. The van der Waals surface area contributed by atoms with E-state index in [1.54, 1.807) is 12.1 Å². The molecule has 0 spiro atoms. The zero-order valence-electron chi connectivity index (χ0n) is 10.4. The van der Waals surface area contributed by atoms with Crippen LogP contribution in [0, 0.1) is 0 Å². The SMILES string of the molecule is O=C(Cc1cccs1)NN=Cc1ccc(C(=O)[O-])cc1. The van der Waals surface area contributed by atoms with Crippen LogP contribution in [0.15, 0.2) is 46.9 Å². The van der Waals surface area contributed by atoms with E-state index >= 15 is 0 Å². The molecule has 0 saturated heterocycles. The van der Waals surface area contributed by atoms with Crippen molar-refractivity contribution in [3.63, 3.8) is 0 Å². The fourth-order valence-corrected chi connectivity index (χ4v) is 2.20. The minimum absolute atomic E-state index is 0.101. The number of thiophene rings is 1. The van der Waals surface area contributed by atoms with Crippen molar-refractivity contribution in [3.05, 3.63) is 57.8 Å². The van der Waals surface area contributed by atoms with E-state index in [2.05, 4.69) is 10.5 Å². The maximum absolute atomic E-state index is 11.5. The van der Waals surface area contributed by atoms with Crippen LogP contribution in [-0.2, 0) is 11.2 Å². The largest absolute Gasteiger partial charge is 0.545 e. The van der Waals surface area contributed by atoms with Crippen LogP contribution in [0.2, 0.25) is 0 Å². The maximum Gasteiger partial charge on any atom is 0.245 e. The second-order valence-corrected chi connectivity index (χ2v) is 4.99. The number of nitrogens with one attached hydrogen (secondary N) is 1. The summed E-state index contributed by atoms with van der Waals surface area (Å²) >= 11 is 1.51. The molecule has 0 saturated carbocycles. The zero-order chi connectivity index (χ0) is 14.4. The van der Waals surface area contributed by atoms with Gasteiger partial charge in [-0.15, -0.1) is 11.3 Å². The van der Waals surface area contributed by atoms with Crippen molar-refractivity contribution in [2.45, 2.75) is 6.42 Å². The molecule has 1 aromatic carbocycles. The van der Waals surface area contributed by atoms with E-state index in [9.17, 15) is 14.7 Å². The standard InChI is InChI=1S/C14H12N2O3S/c17-13(8-12-2-1-7-20-12)16-15-9-10-3-5-11(6-4-10)14(18)19/h1-7,9H,8H2,(H,16,17)(H,18,19)/p-1. The number of carboxylic acid groups (broad SMARTS) is 1. The average molecular weight is 287 g/mol. The number of amides is 1. The van der Waals surface area contributed by atoms with Crippen LogP contribution in [0.4, 0.5) is 0 Å². The second-order valence-electron chi connectivity index (χ2n) is 3.96. The lowest BCUT2D eigenvalue weighted by Gasteiger charge is -2.01. The van der Waals surface area contributed by atoms with Gasteiger partial charge in [0.25, 0.3) is 0 Å². The Balaban J connectivity index is 1.86. The Morgan fingerprint density at radius 1 is 1.25 bits per heavy atom. The summed E-state index contributed by atoms with van der Waals surface area (Å²) in [6.45, 7) is 0. The fourth-order valence-electron chi connectivity index (χ4n) is 1.50. The Morgan fingerprint density at radius 3 is 2.60 bits per heavy atom. The quantitative estimate of drug-likeness (QED) is 0.652. The Morgan fingerprint density at radius 2 is 2.00 bits per heavy atom. The third-order valence-electron chi connectivity index (χ3n) is 2.46. The van der Waals surface area contributed by atoms with E-state index < -0.39 is 5.97 Å². The van der Waals surface area contributed by atoms with E-state index in [-0.39, 0.29) is 11.5 Å². The molecule has 2 rings (SSSR count). The molecule has 102 valence electrons. The Hall–Kier alpha value is -2.47. The van der Waals surface area contributed by atoms with Crippen molar-refractivity contribution in [1.29, 1.82) is 0 Å². The maximum atomic E-state index is 11.5. The molecule has 2 aromatic rings. The van der Waals surface area contributed by atoms with Gasteiger partial charge in [-0.3, -0.25) is 4.79 Å². The summed E-state index contributed by atoms with van der Waals surface area (Å²) < 4.78 is 0. The first-order valence-corrected chi connectivity index (χ1v) is 6.69. The van der Waals surface area contributed by atoms with Gasteiger partial charge < -0.3 is 9.90 Å². The van der Waals surface area contributed by atoms with Crippen LogP contribution in [0.5, 0.6) is 0 Å². The van der Waals surface area contributed by atoms with Crippen molar-refractivity contribution < 1.29 is 14.7 Å². The van der Waals surface area contributed by atoms with Gasteiger partial charge in [-0.2, -0.15) is 5.10 Å². The van der Waals surface area contributed by atoms with Gasteiger partial charge in [0.05, 0.1) is 18.6 Å². The molecule has 0 unspecified atom stereocenters. The molecule has 0 fully saturated rings. The van der Waals surface area contributed by atoms with Crippen LogP contribution in [-0.4, -0.2) is 18.1 Å². The van der Waals surface area contributed by atoms with Crippen LogP contribution in [0.25, 0.3) is 0 Å². The monoisotopic (exact) mass is 287 g/mol. The summed E-state index contributed by atoms with van der Waals surface area (Å²) in [4.78, 5) is 23.1. The molecular weight excluding hydrogens is 276 g/mol. The number of carboxylic acids is 1. The van der Waals surface area contributed by atoms with Crippen LogP contribution in [0.3, 0.4) is 0 Å². The minimum atomic E-state index is -1.22. The molecule has 1 N–H and O–H groups in total. The highest BCUT2D eigenvalue weighted by molar-refractivity contribution is 7.10. The van der Waals surface area contributed by atoms with E-state index in [1.807, 2.05) is 17.5 Å². The van der Waals surface area contributed by atoms with E-state index in [0.29, 0.717) is 12.0 Å². The number of hydrazone groups is 1. The predicted octanol–water partition coefficient (Wildman–Crippen LogP) is 0.804. The fraction of sp³-hybridized carbons (Fsp3) is 0.0714. The third-order valence-corrected chi connectivity index (χ3v) is 3.34. The van der Waals surface area contributed by atoms with Gasteiger partial charge >= 0.3 is 0 Å². The summed E-state index contributed by atoms with van der Waals surface area (Å²) in [5.41, 5.74) is 3.20. The molecule has 5 nitrogen and oxygen atoms in total.